The topological polar surface area (TPSA) is 58.6 Å². The number of methoxy groups -OCH3 is 1. The van der Waals surface area contributed by atoms with Crippen molar-refractivity contribution in [3.63, 3.8) is 0 Å². The molecule has 2 rings (SSSR count). The van der Waals surface area contributed by atoms with E-state index in [0.29, 0.717) is 5.75 Å². The maximum absolute atomic E-state index is 12.2. The molecule has 4 nitrogen and oxygen atoms in total. The number of phenolic OH excluding ortho intramolecular Hbond substituents is 1. The highest BCUT2D eigenvalue weighted by Gasteiger charge is 2.15. The molecule has 1 aromatic heterocycles. The zero-order chi connectivity index (χ0) is 15.4. The van der Waals surface area contributed by atoms with E-state index in [0.717, 1.165) is 6.42 Å². The zero-order valence-electron chi connectivity index (χ0n) is 12.3. The standard InChI is InChI=1S/C16H19NO3S/c1-10(8-13-6-4-11(2)21-13)17-16(19)14-9-12(20-3)5-7-15(14)18/h4-7,9-10,18H,8H2,1-3H3,(H,17,19). The number of ether oxygens (including phenoxy) is 1. The molecule has 1 aromatic carbocycles. The maximum Gasteiger partial charge on any atom is 0.255 e. The highest BCUT2D eigenvalue weighted by Crippen LogP contribution is 2.23. The Balaban J connectivity index is 2.03. The average Bonchev–Trinajstić information content (AvgIpc) is 2.84. The van der Waals surface area contributed by atoms with Crippen LogP contribution in [-0.4, -0.2) is 24.2 Å². The van der Waals surface area contributed by atoms with Crippen molar-refractivity contribution in [1.82, 2.24) is 5.32 Å². The molecule has 0 aliphatic rings. The van der Waals surface area contributed by atoms with E-state index >= 15 is 0 Å². The Morgan fingerprint density at radius 3 is 2.76 bits per heavy atom. The molecular formula is C16H19NO3S. The molecule has 0 bridgehead atoms. The largest absolute Gasteiger partial charge is 0.507 e. The van der Waals surface area contributed by atoms with Gasteiger partial charge in [-0.15, -0.1) is 11.3 Å². The summed E-state index contributed by atoms with van der Waals surface area (Å²) in [5, 5.41) is 12.7. The van der Waals surface area contributed by atoms with Crippen LogP contribution in [0.25, 0.3) is 0 Å². The molecule has 1 atom stereocenters. The minimum absolute atomic E-state index is 0.0128. The summed E-state index contributed by atoms with van der Waals surface area (Å²) in [6.45, 7) is 4.01. The van der Waals surface area contributed by atoms with Crippen LogP contribution in [0, 0.1) is 6.92 Å². The molecule has 1 amide bonds. The van der Waals surface area contributed by atoms with Crippen LogP contribution in [0.4, 0.5) is 0 Å². The van der Waals surface area contributed by atoms with Crippen molar-refractivity contribution in [3.8, 4) is 11.5 Å². The van der Waals surface area contributed by atoms with Gasteiger partial charge < -0.3 is 15.2 Å². The average molecular weight is 305 g/mol. The fourth-order valence-electron chi connectivity index (χ4n) is 2.07. The number of hydrogen-bond donors (Lipinski definition) is 2. The Labute approximate surface area is 128 Å². The van der Waals surface area contributed by atoms with Crippen molar-refractivity contribution < 1.29 is 14.6 Å². The Morgan fingerprint density at radius 1 is 1.38 bits per heavy atom. The molecule has 2 N–H and O–H groups in total. The Bertz CT molecular complexity index is 636. The van der Waals surface area contributed by atoms with E-state index in [4.69, 9.17) is 4.74 Å². The lowest BCUT2D eigenvalue weighted by Gasteiger charge is -2.14. The van der Waals surface area contributed by atoms with Crippen LogP contribution in [0.3, 0.4) is 0 Å². The van der Waals surface area contributed by atoms with Crippen LogP contribution < -0.4 is 10.1 Å². The fraction of sp³-hybridized carbons (Fsp3) is 0.312. The molecule has 21 heavy (non-hydrogen) atoms. The third-order valence-electron chi connectivity index (χ3n) is 3.13. The molecule has 0 fully saturated rings. The number of aromatic hydroxyl groups is 1. The molecule has 2 aromatic rings. The van der Waals surface area contributed by atoms with E-state index in [2.05, 4.69) is 24.4 Å². The normalized spacial score (nSPS) is 12.0. The van der Waals surface area contributed by atoms with Gasteiger partial charge in [-0.2, -0.15) is 0 Å². The van der Waals surface area contributed by atoms with Crippen molar-refractivity contribution in [2.75, 3.05) is 7.11 Å². The molecule has 0 radical (unpaired) electrons. The second kappa shape index (κ2) is 6.63. The number of amides is 1. The SMILES string of the molecule is COc1ccc(O)c(C(=O)NC(C)Cc2ccc(C)s2)c1. The molecule has 1 heterocycles. The summed E-state index contributed by atoms with van der Waals surface area (Å²) >= 11 is 1.73. The number of carbonyl (C=O) groups excluding carboxylic acids is 1. The number of hydrogen-bond acceptors (Lipinski definition) is 4. The third kappa shape index (κ3) is 3.98. The lowest BCUT2D eigenvalue weighted by atomic mass is 10.1. The Hall–Kier alpha value is -2.01. The molecule has 5 heteroatoms. The van der Waals surface area contributed by atoms with Crippen LogP contribution >= 0.6 is 11.3 Å². The molecule has 112 valence electrons. The smallest absolute Gasteiger partial charge is 0.255 e. The molecule has 0 saturated carbocycles. The van der Waals surface area contributed by atoms with Gasteiger partial charge in [-0.1, -0.05) is 0 Å². The van der Waals surface area contributed by atoms with Crippen LogP contribution in [0.5, 0.6) is 11.5 Å². The zero-order valence-corrected chi connectivity index (χ0v) is 13.2. The van der Waals surface area contributed by atoms with E-state index in [1.54, 1.807) is 17.4 Å². The number of nitrogens with one attached hydrogen (secondary N) is 1. The molecule has 0 aliphatic carbocycles. The second-order valence-electron chi connectivity index (χ2n) is 4.97. The monoisotopic (exact) mass is 305 g/mol. The first-order valence-electron chi connectivity index (χ1n) is 6.72. The van der Waals surface area contributed by atoms with Gasteiger partial charge in [0.25, 0.3) is 5.91 Å². The van der Waals surface area contributed by atoms with E-state index < -0.39 is 0 Å². The van der Waals surface area contributed by atoms with Crippen LogP contribution in [0.2, 0.25) is 0 Å². The summed E-state index contributed by atoms with van der Waals surface area (Å²) in [6, 6.07) is 8.74. The van der Waals surface area contributed by atoms with Crippen LogP contribution in [-0.2, 0) is 6.42 Å². The number of phenols is 1. The number of aryl methyl sites for hydroxylation is 1. The predicted molar refractivity (Wildman–Crippen MR) is 84.3 cm³/mol. The van der Waals surface area contributed by atoms with Crippen LogP contribution in [0.15, 0.2) is 30.3 Å². The van der Waals surface area contributed by atoms with Gasteiger partial charge in [-0.25, -0.2) is 0 Å². The molecular weight excluding hydrogens is 286 g/mol. The summed E-state index contributed by atoms with van der Waals surface area (Å²) in [5.74, 6) is 0.194. The summed E-state index contributed by atoms with van der Waals surface area (Å²) in [7, 11) is 1.52. The lowest BCUT2D eigenvalue weighted by Crippen LogP contribution is -2.33. The first-order valence-corrected chi connectivity index (χ1v) is 7.54. The summed E-state index contributed by atoms with van der Waals surface area (Å²) in [5.41, 5.74) is 0.226. The van der Waals surface area contributed by atoms with E-state index in [1.165, 1.54) is 29.0 Å². The highest BCUT2D eigenvalue weighted by molar-refractivity contribution is 7.11. The number of rotatable bonds is 5. The maximum atomic E-state index is 12.2. The third-order valence-corrected chi connectivity index (χ3v) is 4.15. The minimum atomic E-state index is -0.299. The number of thiophene rings is 1. The lowest BCUT2D eigenvalue weighted by molar-refractivity contribution is 0.0937. The summed E-state index contributed by atoms with van der Waals surface area (Å²) in [6.07, 6.45) is 0.773. The van der Waals surface area contributed by atoms with Gasteiger partial charge in [-0.05, 0) is 44.2 Å². The Kier molecular flexibility index (Phi) is 4.85. The highest BCUT2D eigenvalue weighted by atomic mass is 32.1. The van der Waals surface area contributed by atoms with Crippen molar-refractivity contribution in [3.05, 3.63) is 45.6 Å². The van der Waals surface area contributed by atoms with Gasteiger partial charge in [0, 0.05) is 22.2 Å². The van der Waals surface area contributed by atoms with Crippen molar-refractivity contribution in [2.45, 2.75) is 26.3 Å². The van der Waals surface area contributed by atoms with E-state index in [1.807, 2.05) is 6.92 Å². The van der Waals surface area contributed by atoms with Gasteiger partial charge in [0.2, 0.25) is 0 Å². The van der Waals surface area contributed by atoms with E-state index in [9.17, 15) is 9.90 Å². The Morgan fingerprint density at radius 2 is 2.14 bits per heavy atom. The van der Waals surface area contributed by atoms with Gasteiger partial charge in [-0.3, -0.25) is 4.79 Å². The second-order valence-corrected chi connectivity index (χ2v) is 6.35. The van der Waals surface area contributed by atoms with Crippen molar-refractivity contribution >= 4 is 17.2 Å². The van der Waals surface area contributed by atoms with Crippen molar-refractivity contribution in [1.29, 1.82) is 0 Å². The molecule has 0 aliphatic heterocycles. The summed E-state index contributed by atoms with van der Waals surface area (Å²) < 4.78 is 5.07. The van der Waals surface area contributed by atoms with Gasteiger partial charge in [0.15, 0.2) is 0 Å². The minimum Gasteiger partial charge on any atom is -0.507 e. The molecule has 1 unspecified atom stereocenters. The van der Waals surface area contributed by atoms with Crippen molar-refractivity contribution in [2.24, 2.45) is 0 Å². The number of carbonyl (C=O) groups is 1. The first kappa shape index (κ1) is 15.4. The van der Waals surface area contributed by atoms with Gasteiger partial charge in [0.05, 0.1) is 12.7 Å². The summed E-state index contributed by atoms with van der Waals surface area (Å²) in [4.78, 5) is 14.7. The van der Waals surface area contributed by atoms with Gasteiger partial charge >= 0.3 is 0 Å². The van der Waals surface area contributed by atoms with Crippen LogP contribution in [0.1, 0.15) is 27.0 Å². The fourth-order valence-corrected chi connectivity index (χ4v) is 3.09. The molecule has 0 saturated heterocycles. The molecule has 0 spiro atoms. The predicted octanol–water partition coefficient (Wildman–Crippen LogP) is 3.13. The quantitative estimate of drug-likeness (QED) is 0.892. The van der Waals surface area contributed by atoms with Gasteiger partial charge in [0.1, 0.15) is 11.5 Å². The first-order chi connectivity index (χ1) is 9.99. The number of benzene rings is 1. The van der Waals surface area contributed by atoms with E-state index in [-0.39, 0.29) is 23.3 Å².